The molecule has 9 heteroatoms. The molecule has 0 aliphatic carbocycles. The minimum atomic E-state index is -0.946. The molecule has 4 rings (SSSR count). The van der Waals surface area contributed by atoms with Gasteiger partial charge in [0.05, 0.1) is 5.52 Å². The molecule has 0 fully saturated rings. The number of aromatic nitrogens is 1. The number of carbonyl (C=O) groups excluding carboxylic acids is 3. The molecule has 0 aliphatic rings. The SMILES string of the molecule is O=C(Nc1ccccc1)C(=O)Nn1c(C(=O)Nc2cccc(Cl)c2)cc2cc(Cl)ccc21. The molecule has 0 spiro atoms. The lowest BCUT2D eigenvalue weighted by Gasteiger charge is -2.13. The van der Waals surface area contributed by atoms with Crippen molar-refractivity contribution in [1.82, 2.24) is 4.68 Å². The molecule has 0 atom stereocenters. The summed E-state index contributed by atoms with van der Waals surface area (Å²) in [5, 5.41) is 6.76. The molecule has 32 heavy (non-hydrogen) atoms. The van der Waals surface area contributed by atoms with E-state index in [0.717, 1.165) is 0 Å². The first-order valence-electron chi connectivity index (χ1n) is 9.46. The first-order chi connectivity index (χ1) is 15.4. The Morgan fingerprint density at radius 2 is 1.41 bits per heavy atom. The summed E-state index contributed by atoms with van der Waals surface area (Å²) in [4.78, 5) is 37.9. The number of nitrogens with one attached hydrogen (secondary N) is 3. The number of halogens is 2. The lowest BCUT2D eigenvalue weighted by Crippen LogP contribution is -2.36. The Labute approximate surface area is 192 Å². The van der Waals surface area contributed by atoms with Gasteiger partial charge in [0.1, 0.15) is 5.69 Å². The van der Waals surface area contributed by atoms with Gasteiger partial charge < -0.3 is 10.6 Å². The van der Waals surface area contributed by atoms with Gasteiger partial charge in [-0.25, -0.2) is 4.68 Å². The molecule has 0 saturated heterocycles. The number of benzene rings is 3. The number of hydrogen-bond acceptors (Lipinski definition) is 3. The second-order valence-corrected chi connectivity index (χ2v) is 7.67. The van der Waals surface area contributed by atoms with Crippen LogP contribution >= 0.6 is 23.2 Å². The van der Waals surface area contributed by atoms with Gasteiger partial charge in [-0.15, -0.1) is 0 Å². The Balaban J connectivity index is 1.64. The van der Waals surface area contributed by atoms with Crippen molar-refractivity contribution >= 4 is 63.2 Å². The highest BCUT2D eigenvalue weighted by molar-refractivity contribution is 6.42. The predicted octanol–water partition coefficient (Wildman–Crippen LogP) is 4.91. The minimum Gasteiger partial charge on any atom is -0.321 e. The largest absolute Gasteiger partial charge is 0.328 e. The first kappa shape index (κ1) is 21.4. The Bertz CT molecular complexity index is 1340. The Morgan fingerprint density at radius 1 is 0.688 bits per heavy atom. The zero-order valence-electron chi connectivity index (χ0n) is 16.4. The fourth-order valence-corrected chi connectivity index (χ4v) is 3.47. The second-order valence-electron chi connectivity index (χ2n) is 6.79. The standard InChI is InChI=1S/C23H16Cl2N4O3/c24-15-5-4-8-18(13-15)27-21(30)20-12-14-11-16(25)9-10-19(14)29(20)28-23(32)22(31)26-17-6-2-1-3-7-17/h1-13H,(H,26,31)(H,27,30)(H,28,32). The van der Waals surface area contributed by atoms with E-state index in [2.05, 4.69) is 16.1 Å². The highest BCUT2D eigenvalue weighted by Crippen LogP contribution is 2.24. The van der Waals surface area contributed by atoms with E-state index in [0.29, 0.717) is 32.3 Å². The van der Waals surface area contributed by atoms with Crippen molar-refractivity contribution in [3.05, 3.63) is 94.6 Å². The molecule has 160 valence electrons. The topological polar surface area (TPSA) is 92.2 Å². The van der Waals surface area contributed by atoms with Gasteiger partial charge in [-0.3, -0.25) is 19.8 Å². The minimum absolute atomic E-state index is 0.100. The van der Waals surface area contributed by atoms with Gasteiger partial charge in [0.2, 0.25) is 0 Å². The van der Waals surface area contributed by atoms with Crippen LogP contribution in [0.1, 0.15) is 10.5 Å². The molecular formula is C23H16Cl2N4O3. The van der Waals surface area contributed by atoms with E-state index in [9.17, 15) is 14.4 Å². The third-order valence-corrected chi connectivity index (χ3v) is 5.00. The van der Waals surface area contributed by atoms with Crippen LogP contribution in [0, 0.1) is 0 Å². The second kappa shape index (κ2) is 9.13. The molecule has 3 N–H and O–H groups in total. The van der Waals surface area contributed by atoms with Crippen LogP contribution in [0.3, 0.4) is 0 Å². The highest BCUT2D eigenvalue weighted by atomic mass is 35.5. The van der Waals surface area contributed by atoms with Crippen molar-refractivity contribution in [2.45, 2.75) is 0 Å². The summed E-state index contributed by atoms with van der Waals surface area (Å²) in [6.07, 6.45) is 0. The number of hydrogen-bond donors (Lipinski definition) is 3. The Kier molecular flexibility index (Phi) is 6.11. The average Bonchev–Trinajstić information content (AvgIpc) is 3.12. The number of para-hydroxylation sites is 1. The van der Waals surface area contributed by atoms with Crippen LogP contribution in [0.2, 0.25) is 10.0 Å². The maximum atomic E-state index is 13.0. The molecule has 1 heterocycles. The molecule has 1 aromatic heterocycles. The van der Waals surface area contributed by atoms with Crippen LogP contribution in [-0.4, -0.2) is 22.4 Å². The van der Waals surface area contributed by atoms with Gasteiger partial charge in [-0.2, -0.15) is 0 Å². The molecule has 0 saturated carbocycles. The lowest BCUT2D eigenvalue weighted by molar-refractivity contribution is -0.133. The van der Waals surface area contributed by atoms with Gasteiger partial charge in [-0.05, 0) is 54.6 Å². The summed E-state index contributed by atoms with van der Waals surface area (Å²) in [7, 11) is 0. The van der Waals surface area contributed by atoms with E-state index < -0.39 is 17.7 Å². The zero-order valence-corrected chi connectivity index (χ0v) is 17.9. The quantitative estimate of drug-likeness (QED) is 0.373. The van der Waals surface area contributed by atoms with Crippen LogP contribution in [-0.2, 0) is 9.59 Å². The first-order valence-corrected chi connectivity index (χ1v) is 10.2. The summed E-state index contributed by atoms with van der Waals surface area (Å²) < 4.78 is 1.25. The number of fused-ring (bicyclic) bond motifs is 1. The summed E-state index contributed by atoms with van der Waals surface area (Å²) in [6, 6.07) is 21.7. The summed E-state index contributed by atoms with van der Waals surface area (Å²) >= 11 is 12.1. The summed E-state index contributed by atoms with van der Waals surface area (Å²) in [6.45, 7) is 0. The number of nitrogens with zero attached hydrogens (tertiary/aromatic N) is 1. The van der Waals surface area contributed by atoms with E-state index >= 15 is 0 Å². The zero-order chi connectivity index (χ0) is 22.7. The third kappa shape index (κ3) is 4.74. The summed E-state index contributed by atoms with van der Waals surface area (Å²) in [5.74, 6) is -2.34. The number of amides is 3. The molecule has 0 bridgehead atoms. The predicted molar refractivity (Wildman–Crippen MR) is 126 cm³/mol. The smallest absolute Gasteiger partial charge is 0.321 e. The van der Waals surface area contributed by atoms with E-state index in [1.165, 1.54) is 4.68 Å². The highest BCUT2D eigenvalue weighted by Gasteiger charge is 2.21. The maximum absolute atomic E-state index is 13.0. The van der Waals surface area contributed by atoms with Crippen molar-refractivity contribution in [3.8, 4) is 0 Å². The van der Waals surface area contributed by atoms with Crippen LogP contribution in [0.15, 0.2) is 78.9 Å². The van der Waals surface area contributed by atoms with Crippen LogP contribution in [0.5, 0.6) is 0 Å². The number of anilines is 2. The van der Waals surface area contributed by atoms with Crippen molar-refractivity contribution in [1.29, 1.82) is 0 Å². The molecule has 3 aromatic carbocycles. The molecule has 7 nitrogen and oxygen atoms in total. The van der Waals surface area contributed by atoms with Gasteiger partial charge in [-0.1, -0.05) is 47.5 Å². The van der Waals surface area contributed by atoms with Gasteiger partial charge >= 0.3 is 11.8 Å². The molecule has 0 radical (unpaired) electrons. The van der Waals surface area contributed by atoms with Crippen molar-refractivity contribution < 1.29 is 14.4 Å². The maximum Gasteiger partial charge on any atom is 0.328 e. The molecule has 0 unspecified atom stereocenters. The fraction of sp³-hybridized carbons (Fsp3) is 0. The molecule has 4 aromatic rings. The monoisotopic (exact) mass is 466 g/mol. The van der Waals surface area contributed by atoms with Crippen LogP contribution < -0.4 is 16.1 Å². The number of carbonyl (C=O) groups is 3. The average molecular weight is 467 g/mol. The Morgan fingerprint density at radius 3 is 2.16 bits per heavy atom. The van der Waals surface area contributed by atoms with Crippen molar-refractivity contribution in [2.24, 2.45) is 0 Å². The van der Waals surface area contributed by atoms with Crippen molar-refractivity contribution in [2.75, 3.05) is 16.1 Å². The van der Waals surface area contributed by atoms with Gasteiger partial charge in [0, 0.05) is 26.8 Å². The van der Waals surface area contributed by atoms with E-state index in [1.807, 2.05) is 0 Å². The normalized spacial score (nSPS) is 10.6. The van der Waals surface area contributed by atoms with Crippen molar-refractivity contribution in [3.63, 3.8) is 0 Å². The Hall–Kier alpha value is -3.81. The van der Waals surface area contributed by atoms with E-state index in [-0.39, 0.29) is 5.69 Å². The third-order valence-electron chi connectivity index (χ3n) is 4.53. The van der Waals surface area contributed by atoms with Crippen LogP contribution in [0.4, 0.5) is 11.4 Å². The molecule has 3 amide bonds. The van der Waals surface area contributed by atoms with E-state index in [4.69, 9.17) is 23.2 Å². The summed E-state index contributed by atoms with van der Waals surface area (Å²) in [5.41, 5.74) is 4.02. The van der Waals surface area contributed by atoms with E-state index in [1.54, 1.807) is 78.9 Å². The lowest BCUT2D eigenvalue weighted by atomic mass is 10.2. The van der Waals surface area contributed by atoms with Crippen LogP contribution in [0.25, 0.3) is 10.9 Å². The molecule has 0 aliphatic heterocycles. The van der Waals surface area contributed by atoms with Gasteiger partial charge in [0.15, 0.2) is 0 Å². The molecular weight excluding hydrogens is 451 g/mol. The van der Waals surface area contributed by atoms with Gasteiger partial charge in [0.25, 0.3) is 5.91 Å². The fourth-order valence-electron chi connectivity index (χ4n) is 3.10. The number of rotatable bonds is 4.